The van der Waals surface area contributed by atoms with Crippen molar-refractivity contribution in [3.63, 3.8) is 0 Å². The Balaban J connectivity index is 1.57. The average Bonchev–Trinajstić information content (AvgIpc) is 3.49. The maximum Gasteiger partial charge on any atom is 0.286 e. The van der Waals surface area contributed by atoms with Gasteiger partial charge in [-0.1, -0.05) is 38.1 Å². The van der Waals surface area contributed by atoms with Gasteiger partial charge in [-0.15, -0.1) is 0 Å². The molecule has 1 aromatic carbocycles. The third-order valence-electron chi connectivity index (χ3n) is 5.06. The van der Waals surface area contributed by atoms with E-state index < -0.39 is 6.29 Å². The Bertz CT molecular complexity index is 634. The van der Waals surface area contributed by atoms with Gasteiger partial charge in [0.05, 0.1) is 13.2 Å². The topological polar surface area (TPSA) is 67.8 Å². The molecule has 0 unspecified atom stereocenters. The summed E-state index contributed by atoms with van der Waals surface area (Å²) in [4.78, 5) is 12.4. The third-order valence-corrected chi connectivity index (χ3v) is 5.06. The van der Waals surface area contributed by atoms with Crippen LogP contribution in [0.5, 0.6) is 0 Å². The van der Waals surface area contributed by atoms with Crippen LogP contribution in [0.25, 0.3) is 0 Å². The lowest BCUT2D eigenvalue weighted by Gasteiger charge is -2.31. The van der Waals surface area contributed by atoms with E-state index in [0.717, 1.165) is 24.1 Å². The zero-order valence-corrected chi connectivity index (χ0v) is 15.6. The Morgan fingerprint density at radius 1 is 1.27 bits per heavy atom. The second-order valence-corrected chi connectivity index (χ2v) is 7.66. The summed E-state index contributed by atoms with van der Waals surface area (Å²) < 4.78 is 11.8. The van der Waals surface area contributed by atoms with Crippen molar-refractivity contribution in [3.05, 3.63) is 47.2 Å². The van der Waals surface area contributed by atoms with Gasteiger partial charge in [0, 0.05) is 13.0 Å². The maximum absolute atomic E-state index is 12.4. The van der Waals surface area contributed by atoms with Crippen molar-refractivity contribution < 1.29 is 19.4 Å². The van der Waals surface area contributed by atoms with E-state index in [1.54, 1.807) is 0 Å². The fraction of sp³-hybridized carbons (Fsp3) is 0.571. The smallest absolute Gasteiger partial charge is 0.286 e. The summed E-state index contributed by atoms with van der Waals surface area (Å²) in [6, 6.07) is 7.64. The number of benzene rings is 1. The molecule has 2 atom stereocenters. The number of carbonyl (C=O) groups excluding carboxylic acids is 1. The second-order valence-electron chi connectivity index (χ2n) is 7.66. The molecule has 1 aromatic rings. The minimum atomic E-state index is -0.424. The number of aliphatic hydroxyl groups excluding tert-OH is 1. The van der Waals surface area contributed by atoms with Crippen molar-refractivity contribution in [2.45, 2.75) is 52.6 Å². The molecule has 1 fully saturated rings. The first-order chi connectivity index (χ1) is 12.5. The van der Waals surface area contributed by atoms with E-state index in [1.165, 1.54) is 12.8 Å². The molecular formula is C21H29NO4. The highest BCUT2D eigenvalue weighted by Crippen LogP contribution is 2.30. The van der Waals surface area contributed by atoms with Crippen LogP contribution >= 0.6 is 0 Å². The Morgan fingerprint density at radius 2 is 1.96 bits per heavy atom. The Kier molecular flexibility index (Phi) is 6.33. The van der Waals surface area contributed by atoms with Gasteiger partial charge in [-0.05, 0) is 47.8 Å². The van der Waals surface area contributed by atoms with E-state index in [4.69, 9.17) is 14.6 Å². The van der Waals surface area contributed by atoms with E-state index >= 15 is 0 Å². The normalized spacial score (nSPS) is 22.7. The van der Waals surface area contributed by atoms with Gasteiger partial charge in [-0.25, -0.2) is 0 Å². The van der Waals surface area contributed by atoms with Crippen LogP contribution in [0, 0.1) is 17.8 Å². The quantitative estimate of drug-likeness (QED) is 0.748. The number of allylic oxidation sites excluding steroid dienone is 1. The molecule has 5 heteroatoms. The average molecular weight is 359 g/mol. The molecule has 142 valence electrons. The number of carbonyl (C=O) groups is 1. The van der Waals surface area contributed by atoms with E-state index in [1.807, 2.05) is 30.3 Å². The van der Waals surface area contributed by atoms with Crippen molar-refractivity contribution >= 4 is 5.91 Å². The molecule has 0 saturated heterocycles. The van der Waals surface area contributed by atoms with Gasteiger partial charge in [0.2, 0.25) is 6.29 Å². The van der Waals surface area contributed by atoms with Crippen molar-refractivity contribution in [1.29, 1.82) is 0 Å². The molecule has 1 heterocycles. The molecule has 0 radical (unpaired) electrons. The number of hydrogen-bond donors (Lipinski definition) is 2. The first-order valence-corrected chi connectivity index (χ1v) is 9.52. The number of ether oxygens (including phenoxy) is 2. The van der Waals surface area contributed by atoms with E-state index in [2.05, 4.69) is 19.2 Å². The van der Waals surface area contributed by atoms with Crippen molar-refractivity contribution in [3.8, 4) is 0 Å². The standard InChI is InChI=1S/C21H29NO4/c1-14(2)18-9-19(21(24)22-11-15-3-4-15)26-20(10-18)25-13-17-7-5-16(12-23)6-8-17/h5-9,14-15,18,20,23H,3-4,10-13H2,1-2H3,(H,22,24)/t18-,20+/m1/s1. The summed E-state index contributed by atoms with van der Waals surface area (Å²) in [7, 11) is 0. The van der Waals surface area contributed by atoms with Gasteiger partial charge >= 0.3 is 0 Å². The van der Waals surface area contributed by atoms with Gasteiger partial charge in [0.25, 0.3) is 5.91 Å². The monoisotopic (exact) mass is 359 g/mol. The van der Waals surface area contributed by atoms with Crippen LogP contribution in [-0.4, -0.2) is 23.8 Å². The molecular weight excluding hydrogens is 330 g/mol. The number of hydrogen-bond acceptors (Lipinski definition) is 4. The molecule has 1 aliphatic carbocycles. The van der Waals surface area contributed by atoms with E-state index in [0.29, 0.717) is 24.2 Å². The molecule has 2 N–H and O–H groups in total. The highest BCUT2D eigenvalue weighted by molar-refractivity contribution is 5.91. The van der Waals surface area contributed by atoms with Crippen LogP contribution in [0.3, 0.4) is 0 Å². The minimum absolute atomic E-state index is 0.0348. The number of aliphatic hydroxyl groups is 1. The Morgan fingerprint density at radius 3 is 2.58 bits per heavy atom. The predicted molar refractivity (Wildman–Crippen MR) is 98.8 cm³/mol. The summed E-state index contributed by atoms with van der Waals surface area (Å²) in [6.07, 6.45) is 4.67. The second kappa shape index (κ2) is 8.69. The summed E-state index contributed by atoms with van der Waals surface area (Å²) in [5.41, 5.74) is 1.89. The summed E-state index contributed by atoms with van der Waals surface area (Å²) in [5.74, 6) is 1.56. The lowest BCUT2D eigenvalue weighted by atomic mass is 9.90. The predicted octanol–water partition coefficient (Wildman–Crippen LogP) is 3.12. The molecule has 1 aliphatic heterocycles. The summed E-state index contributed by atoms with van der Waals surface area (Å²) >= 11 is 0. The lowest BCUT2D eigenvalue weighted by Crippen LogP contribution is -2.35. The summed E-state index contributed by atoms with van der Waals surface area (Å²) in [5, 5.41) is 12.1. The fourth-order valence-electron chi connectivity index (χ4n) is 2.99. The van der Waals surface area contributed by atoms with Gasteiger partial charge in [-0.3, -0.25) is 4.79 Å². The first-order valence-electron chi connectivity index (χ1n) is 9.52. The van der Waals surface area contributed by atoms with Crippen molar-refractivity contribution in [2.75, 3.05) is 6.54 Å². The van der Waals surface area contributed by atoms with Crippen LogP contribution in [0.2, 0.25) is 0 Å². The molecule has 1 saturated carbocycles. The van der Waals surface area contributed by atoms with Crippen molar-refractivity contribution in [1.82, 2.24) is 5.32 Å². The third kappa shape index (κ3) is 5.32. The van der Waals surface area contributed by atoms with Gasteiger partial charge < -0.3 is 19.9 Å². The number of rotatable bonds is 8. The largest absolute Gasteiger partial charge is 0.459 e. The number of amides is 1. The first kappa shape index (κ1) is 18.9. The van der Waals surface area contributed by atoms with Crippen LogP contribution in [0.4, 0.5) is 0 Å². The molecule has 0 spiro atoms. The molecule has 1 amide bonds. The van der Waals surface area contributed by atoms with E-state index in [9.17, 15) is 4.79 Å². The molecule has 3 rings (SSSR count). The van der Waals surface area contributed by atoms with Gasteiger partial charge in [-0.2, -0.15) is 0 Å². The molecule has 0 aromatic heterocycles. The van der Waals surface area contributed by atoms with Crippen LogP contribution in [0.15, 0.2) is 36.1 Å². The molecule has 26 heavy (non-hydrogen) atoms. The Labute approximate surface area is 155 Å². The van der Waals surface area contributed by atoms with Crippen LogP contribution in [0.1, 0.15) is 44.2 Å². The maximum atomic E-state index is 12.4. The Hall–Kier alpha value is -1.85. The molecule has 2 aliphatic rings. The SMILES string of the molecule is CC(C)[C@@H]1C=C(C(=O)NCC2CC2)O[C@H](OCc2ccc(CO)cc2)C1. The van der Waals surface area contributed by atoms with Gasteiger partial charge in [0.1, 0.15) is 0 Å². The fourth-order valence-corrected chi connectivity index (χ4v) is 2.99. The number of nitrogens with one attached hydrogen (secondary N) is 1. The lowest BCUT2D eigenvalue weighted by molar-refractivity contribution is -0.154. The highest BCUT2D eigenvalue weighted by Gasteiger charge is 2.30. The minimum Gasteiger partial charge on any atom is -0.459 e. The zero-order chi connectivity index (χ0) is 18.5. The van der Waals surface area contributed by atoms with Crippen LogP contribution < -0.4 is 5.32 Å². The zero-order valence-electron chi connectivity index (χ0n) is 15.6. The molecule has 5 nitrogen and oxygen atoms in total. The van der Waals surface area contributed by atoms with E-state index in [-0.39, 0.29) is 18.4 Å². The van der Waals surface area contributed by atoms with Gasteiger partial charge in [0.15, 0.2) is 5.76 Å². The van der Waals surface area contributed by atoms with Crippen molar-refractivity contribution in [2.24, 2.45) is 17.8 Å². The molecule has 0 bridgehead atoms. The van der Waals surface area contributed by atoms with Crippen LogP contribution in [-0.2, 0) is 27.5 Å². The summed E-state index contributed by atoms with van der Waals surface area (Å²) in [6.45, 7) is 5.48. The highest BCUT2D eigenvalue weighted by atomic mass is 16.7.